The Bertz CT molecular complexity index is 1130. The number of amides is 1. The molecule has 0 saturated carbocycles. The molecule has 2 aromatic heterocycles. The van der Waals surface area contributed by atoms with Crippen LogP contribution in [0.15, 0.2) is 55.1 Å². The van der Waals surface area contributed by atoms with Crippen LogP contribution in [-0.2, 0) is 6.54 Å². The van der Waals surface area contributed by atoms with Crippen molar-refractivity contribution >= 4 is 17.4 Å². The van der Waals surface area contributed by atoms with E-state index in [1.54, 1.807) is 24.5 Å². The second-order valence-electron chi connectivity index (χ2n) is 6.43. The Morgan fingerprint density at radius 1 is 0.968 bits per heavy atom. The van der Waals surface area contributed by atoms with Crippen LogP contribution in [0.5, 0.6) is 11.5 Å². The summed E-state index contributed by atoms with van der Waals surface area (Å²) in [4.78, 5) is 36.4. The Morgan fingerprint density at radius 2 is 1.71 bits per heavy atom. The minimum absolute atomic E-state index is 0.0313. The van der Waals surface area contributed by atoms with Crippen LogP contribution in [0.4, 0.5) is 14.5 Å². The molecule has 0 aliphatic carbocycles. The fourth-order valence-corrected chi connectivity index (χ4v) is 2.74. The molecule has 1 amide bonds. The molecule has 1 aliphatic rings. The lowest BCUT2D eigenvalue weighted by Gasteiger charge is -2.08. The van der Waals surface area contributed by atoms with Gasteiger partial charge in [-0.25, -0.2) is 9.97 Å². The number of nitrogens with one attached hydrogen (secondary N) is 2. The molecule has 0 fully saturated rings. The minimum Gasteiger partial charge on any atom is -0.395 e. The van der Waals surface area contributed by atoms with Crippen LogP contribution in [-0.4, -0.2) is 39.5 Å². The lowest BCUT2D eigenvalue weighted by atomic mass is 10.2. The molecule has 3 heterocycles. The second kappa shape index (κ2) is 8.30. The van der Waals surface area contributed by atoms with Crippen molar-refractivity contribution in [3.8, 4) is 11.5 Å². The van der Waals surface area contributed by atoms with Gasteiger partial charge in [-0.3, -0.25) is 14.6 Å². The average Bonchev–Trinajstić information content (AvgIpc) is 3.09. The van der Waals surface area contributed by atoms with Gasteiger partial charge < -0.3 is 20.1 Å². The molecule has 11 heteroatoms. The van der Waals surface area contributed by atoms with Crippen LogP contribution in [0.3, 0.4) is 0 Å². The summed E-state index contributed by atoms with van der Waals surface area (Å²) >= 11 is 0. The van der Waals surface area contributed by atoms with E-state index in [2.05, 4.69) is 35.1 Å². The minimum atomic E-state index is -3.72. The summed E-state index contributed by atoms with van der Waals surface area (Å²) in [5.41, 5.74) is 1.30. The number of hydrogen-bond donors (Lipinski definition) is 2. The molecule has 3 aromatic rings. The predicted molar refractivity (Wildman–Crippen MR) is 103 cm³/mol. The maximum absolute atomic E-state index is 13.1. The lowest BCUT2D eigenvalue weighted by Crippen LogP contribution is -2.25. The highest BCUT2D eigenvalue weighted by molar-refractivity contribution is 6.00. The van der Waals surface area contributed by atoms with Crippen molar-refractivity contribution in [1.82, 2.24) is 20.3 Å². The molecule has 0 spiro atoms. The van der Waals surface area contributed by atoms with Gasteiger partial charge in [0, 0.05) is 30.7 Å². The first-order valence-corrected chi connectivity index (χ1v) is 9.06. The number of pyridine rings is 1. The van der Waals surface area contributed by atoms with Gasteiger partial charge in [-0.05, 0) is 35.9 Å². The zero-order chi connectivity index (χ0) is 21.8. The number of hydrogen-bond acceptors (Lipinski definition) is 8. The Hall–Kier alpha value is -4.15. The van der Waals surface area contributed by atoms with Crippen molar-refractivity contribution in [3.05, 3.63) is 72.1 Å². The third-order valence-electron chi connectivity index (χ3n) is 4.24. The topological polar surface area (TPSA) is 115 Å². The zero-order valence-corrected chi connectivity index (χ0v) is 15.8. The molecule has 1 aromatic carbocycles. The van der Waals surface area contributed by atoms with Gasteiger partial charge in [0.25, 0.3) is 5.91 Å². The number of ether oxygens (including phenoxy) is 2. The average molecular weight is 427 g/mol. The van der Waals surface area contributed by atoms with Crippen molar-refractivity contribution < 1.29 is 27.8 Å². The van der Waals surface area contributed by atoms with Gasteiger partial charge in [-0.15, -0.1) is 8.78 Å². The number of anilines is 1. The number of Topliss-reactive ketones (excluding diaryl/α,β-unsaturated/α-hetero) is 1. The normalized spacial score (nSPS) is 13.5. The third kappa shape index (κ3) is 4.89. The predicted octanol–water partition coefficient (Wildman–Crippen LogP) is 2.42. The number of carbonyl (C=O) groups is 2. The van der Waals surface area contributed by atoms with Gasteiger partial charge in [0.05, 0.1) is 6.54 Å². The van der Waals surface area contributed by atoms with E-state index in [4.69, 9.17) is 0 Å². The van der Waals surface area contributed by atoms with Gasteiger partial charge in [0.2, 0.25) is 0 Å². The second-order valence-corrected chi connectivity index (χ2v) is 6.43. The van der Waals surface area contributed by atoms with Crippen LogP contribution in [0.2, 0.25) is 0 Å². The molecule has 0 unspecified atom stereocenters. The molecular formula is C20H15F2N5O4. The summed E-state index contributed by atoms with van der Waals surface area (Å²) in [6, 6.07) is 8.87. The first kappa shape index (κ1) is 20.1. The van der Waals surface area contributed by atoms with E-state index >= 15 is 0 Å². The fourth-order valence-electron chi connectivity index (χ4n) is 2.74. The molecule has 0 saturated heterocycles. The van der Waals surface area contributed by atoms with E-state index in [0.29, 0.717) is 5.69 Å². The van der Waals surface area contributed by atoms with Crippen molar-refractivity contribution in [2.24, 2.45) is 0 Å². The Kier molecular flexibility index (Phi) is 5.39. The van der Waals surface area contributed by atoms with Crippen LogP contribution in [0.25, 0.3) is 0 Å². The van der Waals surface area contributed by atoms with E-state index in [-0.39, 0.29) is 36.0 Å². The maximum Gasteiger partial charge on any atom is 0.586 e. The molecule has 2 N–H and O–H groups in total. The molecular weight excluding hydrogens is 412 g/mol. The van der Waals surface area contributed by atoms with E-state index in [9.17, 15) is 18.4 Å². The molecule has 0 radical (unpaired) electrons. The quantitative estimate of drug-likeness (QED) is 0.553. The van der Waals surface area contributed by atoms with Crippen LogP contribution >= 0.6 is 0 Å². The number of carbonyl (C=O) groups excluding carboxylic acids is 2. The Balaban J connectivity index is 1.36. The highest BCUT2D eigenvalue weighted by Gasteiger charge is 2.43. The lowest BCUT2D eigenvalue weighted by molar-refractivity contribution is -0.286. The number of rotatable bonds is 7. The Morgan fingerprint density at radius 3 is 2.52 bits per heavy atom. The van der Waals surface area contributed by atoms with Crippen molar-refractivity contribution in [2.45, 2.75) is 12.8 Å². The molecule has 31 heavy (non-hydrogen) atoms. The smallest absolute Gasteiger partial charge is 0.395 e. The van der Waals surface area contributed by atoms with Crippen LogP contribution < -0.4 is 20.1 Å². The van der Waals surface area contributed by atoms with Crippen molar-refractivity contribution in [3.63, 3.8) is 0 Å². The summed E-state index contributed by atoms with van der Waals surface area (Å²) in [7, 11) is 0. The summed E-state index contributed by atoms with van der Waals surface area (Å²) in [6.45, 7) is 0.0878. The standard InChI is InChI=1S/C20H15F2N5O4/c21-20(22)30-17-2-1-13(7-18(17)31-20)24-10-16(28)14-8-15(27-11-26-14)19(29)25-9-12-3-5-23-6-4-12/h1-8,11,24H,9-10H2,(H,25,29). The molecule has 0 atom stereocenters. The summed E-state index contributed by atoms with van der Waals surface area (Å²) in [5, 5.41) is 5.50. The number of aromatic nitrogens is 3. The van der Waals surface area contributed by atoms with Gasteiger partial charge >= 0.3 is 6.29 Å². The number of benzene rings is 1. The van der Waals surface area contributed by atoms with Crippen LogP contribution in [0, 0.1) is 0 Å². The van der Waals surface area contributed by atoms with E-state index < -0.39 is 18.0 Å². The molecule has 9 nitrogen and oxygen atoms in total. The SMILES string of the molecule is O=C(CNc1ccc2c(c1)OC(F)(F)O2)c1cc(C(=O)NCc2ccncc2)ncn1. The highest BCUT2D eigenvalue weighted by Crippen LogP contribution is 2.42. The molecule has 0 bridgehead atoms. The number of fused-ring (bicyclic) bond motifs is 1. The maximum atomic E-state index is 13.1. The van der Waals surface area contributed by atoms with Gasteiger partial charge in [0.15, 0.2) is 17.3 Å². The fraction of sp³-hybridized carbons (Fsp3) is 0.150. The first-order chi connectivity index (χ1) is 14.9. The molecule has 1 aliphatic heterocycles. The Labute approximate surface area is 174 Å². The number of nitrogens with zero attached hydrogens (tertiary/aromatic N) is 3. The zero-order valence-electron chi connectivity index (χ0n) is 15.8. The highest BCUT2D eigenvalue weighted by atomic mass is 19.3. The summed E-state index contributed by atoms with van der Waals surface area (Å²) < 4.78 is 34.9. The van der Waals surface area contributed by atoms with Crippen molar-refractivity contribution in [1.29, 1.82) is 0 Å². The largest absolute Gasteiger partial charge is 0.586 e. The van der Waals surface area contributed by atoms with Gasteiger partial charge in [-0.2, -0.15) is 0 Å². The molecule has 4 rings (SSSR count). The van der Waals surface area contributed by atoms with E-state index in [0.717, 1.165) is 11.9 Å². The summed E-state index contributed by atoms with van der Waals surface area (Å²) in [6.07, 6.45) is 0.632. The van der Waals surface area contributed by atoms with E-state index in [1.165, 1.54) is 24.3 Å². The monoisotopic (exact) mass is 427 g/mol. The van der Waals surface area contributed by atoms with Gasteiger partial charge in [0.1, 0.15) is 17.7 Å². The number of ketones is 1. The van der Waals surface area contributed by atoms with E-state index in [1.807, 2.05) is 0 Å². The van der Waals surface area contributed by atoms with Crippen LogP contribution in [0.1, 0.15) is 26.5 Å². The number of alkyl halides is 2. The summed E-state index contributed by atoms with van der Waals surface area (Å²) in [5.74, 6) is -1.12. The number of halogens is 2. The van der Waals surface area contributed by atoms with Crippen molar-refractivity contribution in [2.75, 3.05) is 11.9 Å². The van der Waals surface area contributed by atoms with Gasteiger partial charge in [-0.1, -0.05) is 0 Å². The molecule has 158 valence electrons. The first-order valence-electron chi connectivity index (χ1n) is 9.06. The third-order valence-corrected chi connectivity index (χ3v) is 4.24.